The Morgan fingerprint density at radius 2 is 2.22 bits per heavy atom. The molecule has 0 aromatic carbocycles. The maximum absolute atomic E-state index is 11.0. The van der Waals surface area contributed by atoms with Gasteiger partial charge in [0.05, 0.1) is 12.6 Å². The summed E-state index contributed by atoms with van der Waals surface area (Å²) >= 11 is 0. The second-order valence-electron chi connectivity index (χ2n) is 4.65. The van der Waals surface area contributed by atoms with Crippen LogP contribution in [0, 0.1) is 5.92 Å². The summed E-state index contributed by atoms with van der Waals surface area (Å²) in [6.45, 7) is 1.13. The lowest BCUT2D eigenvalue weighted by Crippen LogP contribution is -2.27. The highest BCUT2D eigenvalue weighted by molar-refractivity contribution is 7.89. The van der Waals surface area contributed by atoms with Gasteiger partial charge in [-0.25, -0.2) is 13.6 Å². The van der Waals surface area contributed by atoms with E-state index in [2.05, 4.69) is 5.32 Å². The topological polar surface area (TPSA) is 106 Å². The number of aliphatic hydroxyl groups is 1. The predicted octanol–water partition coefficient (Wildman–Crippen LogP) is 0.178. The third-order valence-corrected chi connectivity index (χ3v) is 4.02. The number of rotatable bonds is 5. The fraction of sp³-hybridized carbons (Fsp3) is 0.636. The molecule has 1 fully saturated rings. The Hall–Kier alpha value is -0.890. The van der Waals surface area contributed by atoms with Crippen molar-refractivity contribution < 1.29 is 17.9 Å². The van der Waals surface area contributed by atoms with Gasteiger partial charge in [0.15, 0.2) is 0 Å². The molecule has 0 spiro atoms. The molecule has 4 N–H and O–H groups in total. The van der Waals surface area contributed by atoms with E-state index in [1.165, 1.54) is 6.07 Å². The molecule has 102 valence electrons. The number of furan rings is 1. The summed E-state index contributed by atoms with van der Waals surface area (Å²) in [6.07, 6.45) is 2.72. The van der Waals surface area contributed by atoms with Gasteiger partial charge in [0, 0.05) is 6.54 Å². The van der Waals surface area contributed by atoms with Crippen molar-refractivity contribution in [3.05, 3.63) is 17.9 Å². The molecule has 0 bridgehead atoms. The Labute approximate surface area is 106 Å². The van der Waals surface area contributed by atoms with Crippen molar-refractivity contribution in [3.63, 3.8) is 0 Å². The predicted molar refractivity (Wildman–Crippen MR) is 65.1 cm³/mol. The Bertz CT molecular complexity index is 497. The van der Waals surface area contributed by atoms with Crippen LogP contribution in [0.1, 0.15) is 25.0 Å². The van der Waals surface area contributed by atoms with Gasteiger partial charge in [-0.2, -0.15) is 0 Å². The third-order valence-electron chi connectivity index (χ3n) is 3.24. The van der Waals surface area contributed by atoms with Crippen LogP contribution in [0.5, 0.6) is 0 Å². The molecule has 2 rings (SSSR count). The Balaban J connectivity index is 1.82. The van der Waals surface area contributed by atoms with Crippen molar-refractivity contribution in [2.24, 2.45) is 11.1 Å². The average Bonchev–Trinajstić information content (AvgIpc) is 2.88. The summed E-state index contributed by atoms with van der Waals surface area (Å²) in [7, 11) is -3.77. The van der Waals surface area contributed by atoms with Crippen LogP contribution < -0.4 is 10.5 Å². The standard InChI is InChI=1S/C11H18N2O4S/c12-18(15,16)11-5-4-9(17-11)7-13-6-8-2-1-3-10(8)14/h4-5,8,10,13-14H,1-3,6-7H2,(H2,12,15,16). The van der Waals surface area contributed by atoms with Gasteiger partial charge < -0.3 is 14.8 Å². The Kier molecular flexibility index (Phi) is 4.06. The second kappa shape index (κ2) is 5.40. The van der Waals surface area contributed by atoms with E-state index in [1.807, 2.05) is 0 Å². The molecule has 1 aliphatic carbocycles. The van der Waals surface area contributed by atoms with Gasteiger partial charge >= 0.3 is 0 Å². The molecule has 1 heterocycles. The highest BCUT2D eigenvalue weighted by Gasteiger charge is 2.24. The van der Waals surface area contributed by atoms with Crippen molar-refractivity contribution in [3.8, 4) is 0 Å². The molecular weight excluding hydrogens is 256 g/mol. The Morgan fingerprint density at radius 1 is 1.44 bits per heavy atom. The molecule has 1 aromatic rings. The summed E-state index contributed by atoms with van der Waals surface area (Å²) in [4.78, 5) is 0. The molecule has 0 amide bonds. The fourth-order valence-corrected chi connectivity index (χ4v) is 2.72. The van der Waals surface area contributed by atoms with Crippen LogP contribution in [0.15, 0.2) is 21.6 Å². The normalized spacial score (nSPS) is 24.6. The van der Waals surface area contributed by atoms with Gasteiger partial charge in [-0.1, -0.05) is 6.42 Å². The summed E-state index contributed by atoms with van der Waals surface area (Å²) in [5, 5.41) is 17.5. The zero-order chi connectivity index (χ0) is 13.2. The van der Waals surface area contributed by atoms with Crippen LogP contribution in [0.3, 0.4) is 0 Å². The SMILES string of the molecule is NS(=O)(=O)c1ccc(CNCC2CCCC2O)o1. The number of hydrogen-bond donors (Lipinski definition) is 3. The van der Waals surface area contributed by atoms with E-state index in [0.29, 0.717) is 18.8 Å². The van der Waals surface area contributed by atoms with Crippen LogP contribution in [-0.4, -0.2) is 26.2 Å². The largest absolute Gasteiger partial charge is 0.447 e. The Morgan fingerprint density at radius 3 is 2.78 bits per heavy atom. The van der Waals surface area contributed by atoms with Crippen molar-refractivity contribution in [2.75, 3.05) is 6.54 Å². The molecule has 0 radical (unpaired) electrons. The first-order valence-electron chi connectivity index (χ1n) is 5.97. The van der Waals surface area contributed by atoms with Gasteiger partial charge in [-0.05, 0) is 30.9 Å². The van der Waals surface area contributed by atoms with Crippen LogP contribution in [0.4, 0.5) is 0 Å². The number of sulfonamides is 1. The molecule has 7 heteroatoms. The van der Waals surface area contributed by atoms with Crippen LogP contribution in [0.2, 0.25) is 0 Å². The second-order valence-corrected chi connectivity index (χ2v) is 6.15. The summed E-state index contributed by atoms with van der Waals surface area (Å²) in [5.74, 6) is 0.796. The van der Waals surface area contributed by atoms with Gasteiger partial charge in [-0.15, -0.1) is 0 Å². The summed E-state index contributed by atoms with van der Waals surface area (Å²) < 4.78 is 27.1. The van der Waals surface area contributed by atoms with Crippen LogP contribution in [-0.2, 0) is 16.6 Å². The van der Waals surface area contributed by atoms with Crippen LogP contribution >= 0.6 is 0 Å². The lowest BCUT2D eigenvalue weighted by atomic mass is 10.1. The summed E-state index contributed by atoms with van der Waals surface area (Å²) in [6, 6.07) is 2.93. The number of aliphatic hydroxyl groups excluding tert-OH is 1. The maximum atomic E-state index is 11.0. The van der Waals surface area contributed by atoms with Crippen LogP contribution in [0.25, 0.3) is 0 Å². The van der Waals surface area contributed by atoms with E-state index in [0.717, 1.165) is 19.3 Å². The zero-order valence-electron chi connectivity index (χ0n) is 10.0. The molecular formula is C11H18N2O4S. The third kappa shape index (κ3) is 3.32. The average molecular weight is 274 g/mol. The van der Waals surface area contributed by atoms with E-state index < -0.39 is 10.0 Å². The first-order chi connectivity index (χ1) is 8.47. The highest BCUT2D eigenvalue weighted by atomic mass is 32.2. The molecule has 1 aliphatic rings. The molecule has 2 atom stereocenters. The number of nitrogens with two attached hydrogens (primary N) is 1. The fourth-order valence-electron chi connectivity index (χ4n) is 2.24. The lowest BCUT2D eigenvalue weighted by molar-refractivity contribution is 0.131. The quantitative estimate of drug-likeness (QED) is 0.710. The first kappa shape index (κ1) is 13.5. The molecule has 18 heavy (non-hydrogen) atoms. The monoisotopic (exact) mass is 274 g/mol. The van der Waals surface area contributed by atoms with Crippen molar-refractivity contribution in [1.82, 2.24) is 5.32 Å². The van der Waals surface area contributed by atoms with E-state index in [4.69, 9.17) is 9.56 Å². The van der Waals surface area contributed by atoms with E-state index in [1.54, 1.807) is 6.07 Å². The van der Waals surface area contributed by atoms with E-state index >= 15 is 0 Å². The zero-order valence-corrected chi connectivity index (χ0v) is 10.8. The van der Waals surface area contributed by atoms with Gasteiger partial charge in [0.2, 0.25) is 5.09 Å². The maximum Gasteiger partial charge on any atom is 0.271 e. The van der Waals surface area contributed by atoms with E-state index in [-0.39, 0.29) is 17.1 Å². The van der Waals surface area contributed by atoms with E-state index in [9.17, 15) is 13.5 Å². The van der Waals surface area contributed by atoms with Gasteiger partial charge in [0.1, 0.15) is 5.76 Å². The minimum atomic E-state index is -3.77. The molecule has 0 aliphatic heterocycles. The number of hydrogen-bond acceptors (Lipinski definition) is 5. The lowest BCUT2D eigenvalue weighted by Gasteiger charge is -2.14. The van der Waals surface area contributed by atoms with Crippen molar-refractivity contribution in [2.45, 2.75) is 37.0 Å². The number of nitrogens with one attached hydrogen (secondary N) is 1. The molecule has 1 aromatic heterocycles. The molecule has 6 nitrogen and oxygen atoms in total. The van der Waals surface area contributed by atoms with Crippen molar-refractivity contribution >= 4 is 10.0 Å². The minimum Gasteiger partial charge on any atom is -0.447 e. The first-order valence-corrected chi connectivity index (χ1v) is 7.52. The van der Waals surface area contributed by atoms with Gasteiger partial charge in [0.25, 0.3) is 10.0 Å². The van der Waals surface area contributed by atoms with Crippen molar-refractivity contribution in [1.29, 1.82) is 0 Å². The molecule has 0 saturated heterocycles. The molecule has 2 unspecified atom stereocenters. The molecule has 1 saturated carbocycles. The van der Waals surface area contributed by atoms with Gasteiger partial charge in [-0.3, -0.25) is 0 Å². The smallest absolute Gasteiger partial charge is 0.271 e. The minimum absolute atomic E-state index is 0.222. The summed E-state index contributed by atoms with van der Waals surface area (Å²) in [5.41, 5.74) is 0. The highest BCUT2D eigenvalue weighted by Crippen LogP contribution is 2.24. The number of primary sulfonamides is 1.